The quantitative estimate of drug-likeness (QED) is 0.206. The Balaban J connectivity index is 1.40. The van der Waals surface area contributed by atoms with E-state index in [0.717, 1.165) is 55.1 Å². The Labute approximate surface area is 234 Å². The van der Waals surface area contributed by atoms with Crippen LogP contribution >= 0.6 is 0 Å². The topological polar surface area (TPSA) is 22.8 Å². The van der Waals surface area contributed by atoms with Crippen molar-refractivity contribution in [2.75, 3.05) is 0 Å². The second kappa shape index (κ2) is 10.5. The van der Waals surface area contributed by atoms with Gasteiger partial charge in [-0.3, -0.25) is 4.98 Å². The number of allylic oxidation sites excluding steroid dienone is 4. The number of para-hydroxylation sites is 1. The Kier molecular flexibility index (Phi) is 6.63. The van der Waals surface area contributed by atoms with E-state index in [1.54, 1.807) is 6.08 Å². The van der Waals surface area contributed by atoms with Crippen molar-refractivity contribution in [3.8, 4) is 22.5 Å². The molecular formula is C37H31N3. The Morgan fingerprint density at radius 3 is 2.08 bits per heavy atom. The molecule has 3 heteroatoms. The van der Waals surface area contributed by atoms with E-state index in [2.05, 4.69) is 131 Å². The molecule has 194 valence electrons. The SMILES string of the molecule is C=C/C=C\c1c(C)c(=C)/c(=C\C=C/C)n1-c1ccc(-c2ccc(-n3c4ccccc4c4ncccc43)cc2)cc1. The normalized spacial score (nSPS) is 12.4. The van der Waals surface area contributed by atoms with Crippen LogP contribution in [0.3, 0.4) is 0 Å². The van der Waals surface area contributed by atoms with Crippen LogP contribution in [0.4, 0.5) is 0 Å². The molecule has 0 aliphatic carbocycles. The molecule has 0 unspecified atom stereocenters. The molecule has 0 spiro atoms. The zero-order valence-electron chi connectivity index (χ0n) is 22.9. The standard InChI is InChI=1S/C37H31N3/c1-5-7-13-33-26(3)27(4)34(14-8-6-2)39(33)30-21-17-28(18-22-30)29-19-23-31(24-20-29)40-35-15-10-9-12-32(35)37-36(40)16-11-25-38-37/h5-25H,1,4H2,2-3H3/b8-6-,13-7-,34-14+. The Morgan fingerprint density at radius 2 is 1.40 bits per heavy atom. The highest BCUT2D eigenvalue weighted by Crippen LogP contribution is 2.31. The molecule has 40 heavy (non-hydrogen) atoms. The predicted molar refractivity (Wildman–Crippen MR) is 171 cm³/mol. The number of hydrogen-bond donors (Lipinski definition) is 0. The van der Waals surface area contributed by atoms with Crippen LogP contribution in [0.5, 0.6) is 0 Å². The van der Waals surface area contributed by atoms with Gasteiger partial charge in [-0.2, -0.15) is 0 Å². The molecule has 0 aliphatic rings. The molecular weight excluding hydrogens is 486 g/mol. The van der Waals surface area contributed by atoms with E-state index in [-0.39, 0.29) is 0 Å². The minimum absolute atomic E-state index is 1.02. The molecule has 0 bridgehead atoms. The van der Waals surface area contributed by atoms with Crippen LogP contribution in [-0.2, 0) is 0 Å². The highest BCUT2D eigenvalue weighted by atomic mass is 15.0. The number of fused-ring (bicyclic) bond motifs is 3. The van der Waals surface area contributed by atoms with Gasteiger partial charge in [0.2, 0.25) is 0 Å². The van der Waals surface area contributed by atoms with Gasteiger partial charge in [-0.25, -0.2) is 0 Å². The fourth-order valence-corrected chi connectivity index (χ4v) is 5.45. The Bertz CT molecular complexity index is 1980. The molecule has 6 rings (SSSR count). The van der Waals surface area contributed by atoms with Crippen LogP contribution in [0.1, 0.15) is 18.2 Å². The Morgan fingerprint density at radius 1 is 0.750 bits per heavy atom. The summed E-state index contributed by atoms with van der Waals surface area (Å²) >= 11 is 0. The summed E-state index contributed by atoms with van der Waals surface area (Å²) in [5.74, 6) is 0. The lowest BCUT2D eigenvalue weighted by Gasteiger charge is -2.11. The van der Waals surface area contributed by atoms with Gasteiger partial charge in [0.1, 0.15) is 0 Å². The van der Waals surface area contributed by atoms with Crippen LogP contribution in [0.15, 0.2) is 122 Å². The average Bonchev–Trinajstić information content (AvgIpc) is 3.46. The molecule has 3 nitrogen and oxygen atoms in total. The maximum atomic E-state index is 4.66. The lowest BCUT2D eigenvalue weighted by molar-refractivity contribution is 1.01. The molecule has 3 heterocycles. The third-order valence-electron chi connectivity index (χ3n) is 7.48. The lowest BCUT2D eigenvalue weighted by atomic mass is 10.0. The molecule has 6 aromatic rings. The average molecular weight is 518 g/mol. The summed E-state index contributed by atoms with van der Waals surface area (Å²) < 4.78 is 4.55. The lowest BCUT2D eigenvalue weighted by Crippen LogP contribution is -2.27. The molecule has 3 aromatic heterocycles. The molecule has 0 aliphatic heterocycles. The maximum absolute atomic E-state index is 4.66. The van der Waals surface area contributed by atoms with Gasteiger partial charge in [-0.1, -0.05) is 79.9 Å². The monoisotopic (exact) mass is 517 g/mol. The summed E-state index contributed by atoms with van der Waals surface area (Å²) in [6, 6.07) is 30.1. The van der Waals surface area contributed by atoms with E-state index in [1.807, 2.05) is 31.3 Å². The van der Waals surface area contributed by atoms with E-state index in [9.17, 15) is 0 Å². The van der Waals surface area contributed by atoms with Crippen LogP contribution in [0.25, 0.3) is 63.2 Å². The van der Waals surface area contributed by atoms with E-state index >= 15 is 0 Å². The van der Waals surface area contributed by atoms with Gasteiger partial charge in [0.15, 0.2) is 0 Å². The number of rotatable bonds is 6. The number of benzene rings is 3. The van der Waals surface area contributed by atoms with Gasteiger partial charge in [0.05, 0.1) is 21.9 Å². The molecule has 0 saturated carbocycles. The van der Waals surface area contributed by atoms with Crippen LogP contribution in [0, 0.1) is 6.92 Å². The van der Waals surface area contributed by atoms with Gasteiger partial charge in [0.25, 0.3) is 0 Å². The van der Waals surface area contributed by atoms with E-state index in [4.69, 9.17) is 0 Å². The molecule has 0 radical (unpaired) electrons. The summed E-state index contributed by atoms with van der Waals surface area (Å²) in [5.41, 5.74) is 10.1. The summed E-state index contributed by atoms with van der Waals surface area (Å²) in [4.78, 5) is 4.66. The highest BCUT2D eigenvalue weighted by molar-refractivity contribution is 6.06. The fraction of sp³-hybridized carbons (Fsp3) is 0.0541. The first kappa shape index (κ1) is 25.1. The van der Waals surface area contributed by atoms with Crippen LogP contribution in [-0.4, -0.2) is 14.1 Å². The van der Waals surface area contributed by atoms with Crippen molar-refractivity contribution in [1.82, 2.24) is 14.1 Å². The number of aromatic nitrogens is 3. The Hall–Kier alpha value is -5.15. The number of pyridine rings is 1. The largest absolute Gasteiger partial charge is 0.310 e. The van der Waals surface area contributed by atoms with Crippen molar-refractivity contribution in [1.29, 1.82) is 0 Å². The maximum Gasteiger partial charge on any atom is 0.0963 e. The molecule has 0 amide bonds. The second-order valence-corrected chi connectivity index (χ2v) is 9.81. The van der Waals surface area contributed by atoms with Gasteiger partial charge in [-0.05, 0) is 90.4 Å². The van der Waals surface area contributed by atoms with E-state index in [0.29, 0.717) is 0 Å². The first-order valence-electron chi connectivity index (χ1n) is 13.5. The van der Waals surface area contributed by atoms with E-state index < -0.39 is 0 Å². The first-order chi connectivity index (χ1) is 19.6. The minimum atomic E-state index is 1.02. The third kappa shape index (κ3) is 4.22. The smallest absolute Gasteiger partial charge is 0.0963 e. The van der Waals surface area contributed by atoms with Crippen molar-refractivity contribution in [3.05, 3.63) is 144 Å². The van der Waals surface area contributed by atoms with Crippen molar-refractivity contribution in [2.24, 2.45) is 0 Å². The third-order valence-corrected chi connectivity index (χ3v) is 7.48. The summed E-state index contributed by atoms with van der Waals surface area (Å²) in [6.45, 7) is 12.4. The van der Waals surface area contributed by atoms with Gasteiger partial charge in [0, 0.05) is 28.7 Å². The van der Waals surface area contributed by atoms with Gasteiger partial charge in [-0.15, -0.1) is 0 Å². The van der Waals surface area contributed by atoms with E-state index in [1.165, 1.54) is 11.1 Å². The summed E-state index contributed by atoms with van der Waals surface area (Å²) in [7, 11) is 0. The van der Waals surface area contributed by atoms with Gasteiger partial charge >= 0.3 is 0 Å². The van der Waals surface area contributed by atoms with Crippen LogP contribution < -0.4 is 10.6 Å². The van der Waals surface area contributed by atoms with Crippen molar-refractivity contribution < 1.29 is 0 Å². The van der Waals surface area contributed by atoms with Crippen molar-refractivity contribution in [3.63, 3.8) is 0 Å². The second-order valence-electron chi connectivity index (χ2n) is 9.81. The summed E-state index contributed by atoms with van der Waals surface area (Å²) in [6.07, 6.45) is 14.0. The molecule has 3 aromatic carbocycles. The van der Waals surface area contributed by atoms with Crippen molar-refractivity contribution in [2.45, 2.75) is 13.8 Å². The van der Waals surface area contributed by atoms with Gasteiger partial charge < -0.3 is 9.13 Å². The molecule has 0 N–H and O–H groups in total. The van der Waals surface area contributed by atoms with Crippen molar-refractivity contribution >= 4 is 40.7 Å². The predicted octanol–water partition coefficient (Wildman–Crippen LogP) is 7.91. The van der Waals surface area contributed by atoms with Crippen LogP contribution in [0.2, 0.25) is 0 Å². The fourth-order valence-electron chi connectivity index (χ4n) is 5.45. The first-order valence-corrected chi connectivity index (χ1v) is 13.5. The molecule has 0 saturated heterocycles. The minimum Gasteiger partial charge on any atom is -0.310 e. The number of nitrogens with zero attached hydrogens (tertiary/aromatic N) is 3. The molecule has 0 fully saturated rings. The zero-order chi connectivity index (χ0) is 27.6. The molecule has 0 atom stereocenters. The highest BCUT2D eigenvalue weighted by Gasteiger charge is 2.13. The summed E-state index contributed by atoms with van der Waals surface area (Å²) in [5, 5.41) is 3.27. The number of hydrogen-bond acceptors (Lipinski definition) is 1. The zero-order valence-corrected chi connectivity index (χ0v) is 22.9.